The van der Waals surface area contributed by atoms with E-state index in [0.717, 1.165) is 12.8 Å². The molecule has 2 rings (SSSR count). The Kier molecular flexibility index (Phi) is 3.92. The second-order valence-corrected chi connectivity index (χ2v) is 4.61. The minimum atomic E-state index is 0.121. The molecule has 1 aliphatic carbocycles. The molecule has 1 nitrogen and oxygen atoms in total. The fourth-order valence-electron chi connectivity index (χ4n) is 2.26. The number of allylic oxidation sites excluding steroid dienone is 4. The smallest absolute Gasteiger partial charge is 0.152 e. The molecule has 0 saturated carbocycles. The molecule has 0 aliphatic heterocycles. The molecule has 0 radical (unpaired) electrons. The van der Waals surface area contributed by atoms with Crippen LogP contribution in [0, 0.1) is 0 Å². The van der Waals surface area contributed by atoms with E-state index in [2.05, 4.69) is 36.4 Å². The van der Waals surface area contributed by atoms with Crippen LogP contribution in [0.15, 0.2) is 54.1 Å². The van der Waals surface area contributed by atoms with Gasteiger partial charge in [0.25, 0.3) is 0 Å². The number of carbonyl (C=O) groups is 1. The molecule has 0 bridgehead atoms. The van der Waals surface area contributed by atoms with Crippen LogP contribution in [0.25, 0.3) is 0 Å². The summed E-state index contributed by atoms with van der Waals surface area (Å²) >= 11 is 0. The first-order valence-electron chi connectivity index (χ1n) is 6.18. The highest BCUT2D eigenvalue weighted by atomic mass is 16.1. The van der Waals surface area contributed by atoms with E-state index in [1.165, 1.54) is 17.6 Å². The third kappa shape index (κ3) is 3.42. The maximum atomic E-state index is 10.9. The molecule has 1 aromatic rings. The first kappa shape index (κ1) is 11.8. The summed E-state index contributed by atoms with van der Waals surface area (Å²) in [4.78, 5) is 10.9. The van der Waals surface area contributed by atoms with Crippen LogP contribution >= 0.6 is 0 Å². The average Bonchev–Trinajstić information content (AvgIpc) is 2.38. The van der Waals surface area contributed by atoms with Crippen molar-refractivity contribution in [1.82, 2.24) is 0 Å². The quantitative estimate of drug-likeness (QED) is 0.711. The summed E-state index contributed by atoms with van der Waals surface area (Å²) in [7, 11) is 0. The lowest BCUT2D eigenvalue weighted by atomic mass is 9.84. The van der Waals surface area contributed by atoms with Gasteiger partial charge in [-0.1, -0.05) is 48.1 Å². The SMILES string of the molecule is CC(=O)/C=C/C1=CCC(c2ccccc2)CC1. The van der Waals surface area contributed by atoms with E-state index >= 15 is 0 Å². The summed E-state index contributed by atoms with van der Waals surface area (Å²) in [6.07, 6.45) is 9.22. The van der Waals surface area contributed by atoms with Crippen molar-refractivity contribution in [2.75, 3.05) is 0 Å². The lowest BCUT2D eigenvalue weighted by molar-refractivity contribution is -0.112. The lowest BCUT2D eigenvalue weighted by Crippen LogP contribution is -2.03. The summed E-state index contributed by atoms with van der Waals surface area (Å²) < 4.78 is 0. The van der Waals surface area contributed by atoms with Crippen LogP contribution in [0.5, 0.6) is 0 Å². The summed E-state index contributed by atoms with van der Waals surface area (Å²) in [5.41, 5.74) is 2.73. The Labute approximate surface area is 103 Å². The van der Waals surface area contributed by atoms with Gasteiger partial charge >= 0.3 is 0 Å². The van der Waals surface area contributed by atoms with Gasteiger partial charge in [0.15, 0.2) is 5.78 Å². The number of ketones is 1. The van der Waals surface area contributed by atoms with Crippen molar-refractivity contribution in [2.45, 2.75) is 32.1 Å². The summed E-state index contributed by atoms with van der Waals surface area (Å²) in [6.45, 7) is 1.59. The summed E-state index contributed by atoms with van der Waals surface area (Å²) in [5, 5.41) is 0. The lowest BCUT2D eigenvalue weighted by Gasteiger charge is -2.20. The molecule has 0 heterocycles. The third-order valence-electron chi connectivity index (χ3n) is 3.25. The zero-order valence-corrected chi connectivity index (χ0v) is 10.2. The molecule has 0 fully saturated rings. The Balaban J connectivity index is 2.00. The number of benzene rings is 1. The van der Waals surface area contributed by atoms with Gasteiger partial charge in [0.2, 0.25) is 0 Å². The molecule has 1 unspecified atom stereocenters. The Morgan fingerprint density at radius 2 is 2.06 bits per heavy atom. The van der Waals surface area contributed by atoms with Crippen molar-refractivity contribution in [3.63, 3.8) is 0 Å². The van der Waals surface area contributed by atoms with Crippen LogP contribution < -0.4 is 0 Å². The molecule has 1 heteroatoms. The van der Waals surface area contributed by atoms with E-state index < -0.39 is 0 Å². The van der Waals surface area contributed by atoms with Crippen LogP contribution in [0.4, 0.5) is 0 Å². The van der Waals surface area contributed by atoms with Gasteiger partial charge in [-0.05, 0) is 43.7 Å². The van der Waals surface area contributed by atoms with E-state index in [0.29, 0.717) is 5.92 Å². The van der Waals surface area contributed by atoms with E-state index in [9.17, 15) is 4.79 Å². The minimum absolute atomic E-state index is 0.121. The largest absolute Gasteiger partial charge is 0.295 e. The van der Waals surface area contributed by atoms with Crippen LogP contribution in [-0.4, -0.2) is 5.78 Å². The standard InChI is InChI=1S/C16H18O/c1-13(17)7-8-14-9-11-16(12-10-14)15-5-3-2-4-6-15/h2-9,16H,10-12H2,1H3/b8-7+. The molecule has 17 heavy (non-hydrogen) atoms. The predicted octanol–water partition coefficient (Wildman–Crippen LogP) is 4.03. The molecule has 1 atom stereocenters. The fraction of sp³-hybridized carbons (Fsp3) is 0.312. The second-order valence-electron chi connectivity index (χ2n) is 4.61. The molecule has 0 N–H and O–H groups in total. The van der Waals surface area contributed by atoms with Crippen molar-refractivity contribution < 1.29 is 4.79 Å². The molecule has 0 amide bonds. The van der Waals surface area contributed by atoms with E-state index in [1.807, 2.05) is 6.08 Å². The average molecular weight is 226 g/mol. The minimum Gasteiger partial charge on any atom is -0.295 e. The second kappa shape index (κ2) is 5.62. The van der Waals surface area contributed by atoms with E-state index in [4.69, 9.17) is 0 Å². The van der Waals surface area contributed by atoms with Crippen LogP contribution in [0.2, 0.25) is 0 Å². The van der Waals surface area contributed by atoms with Crippen molar-refractivity contribution >= 4 is 5.78 Å². The highest BCUT2D eigenvalue weighted by molar-refractivity contribution is 5.87. The van der Waals surface area contributed by atoms with Crippen LogP contribution in [-0.2, 0) is 4.79 Å². The van der Waals surface area contributed by atoms with Crippen molar-refractivity contribution in [3.8, 4) is 0 Å². The van der Waals surface area contributed by atoms with Gasteiger partial charge in [-0.3, -0.25) is 4.79 Å². The fourth-order valence-corrected chi connectivity index (χ4v) is 2.26. The van der Waals surface area contributed by atoms with Gasteiger partial charge in [-0.2, -0.15) is 0 Å². The van der Waals surface area contributed by atoms with Gasteiger partial charge < -0.3 is 0 Å². The molecule has 1 aliphatic rings. The first-order valence-corrected chi connectivity index (χ1v) is 6.18. The molecule has 0 spiro atoms. The maximum Gasteiger partial charge on any atom is 0.152 e. The summed E-state index contributed by atoms with van der Waals surface area (Å²) in [5.74, 6) is 0.766. The molecular weight excluding hydrogens is 208 g/mol. The van der Waals surface area contributed by atoms with Gasteiger partial charge in [0.05, 0.1) is 0 Å². The van der Waals surface area contributed by atoms with Gasteiger partial charge in [-0.15, -0.1) is 0 Å². The number of carbonyl (C=O) groups excluding carboxylic acids is 1. The Morgan fingerprint density at radius 1 is 1.29 bits per heavy atom. The molecule has 0 aromatic heterocycles. The summed E-state index contributed by atoms with van der Waals surface area (Å²) in [6, 6.07) is 10.7. The predicted molar refractivity (Wildman–Crippen MR) is 70.9 cm³/mol. The van der Waals surface area contributed by atoms with E-state index in [-0.39, 0.29) is 5.78 Å². The van der Waals surface area contributed by atoms with Crippen LogP contribution in [0.1, 0.15) is 37.7 Å². The zero-order valence-electron chi connectivity index (χ0n) is 10.2. The molecular formula is C16H18O. The Morgan fingerprint density at radius 3 is 2.65 bits per heavy atom. The Hall–Kier alpha value is -1.63. The topological polar surface area (TPSA) is 17.1 Å². The Bertz CT molecular complexity index is 440. The first-order chi connectivity index (χ1) is 8.25. The van der Waals surface area contributed by atoms with Crippen molar-refractivity contribution in [3.05, 3.63) is 59.7 Å². The van der Waals surface area contributed by atoms with Gasteiger partial charge in [0, 0.05) is 0 Å². The highest BCUT2D eigenvalue weighted by Crippen LogP contribution is 2.32. The molecule has 1 aromatic carbocycles. The van der Waals surface area contributed by atoms with Gasteiger partial charge in [-0.25, -0.2) is 0 Å². The molecule has 88 valence electrons. The third-order valence-corrected chi connectivity index (χ3v) is 3.25. The molecule has 0 saturated heterocycles. The van der Waals surface area contributed by atoms with E-state index in [1.54, 1.807) is 13.0 Å². The normalized spacial score (nSPS) is 20.3. The number of rotatable bonds is 3. The van der Waals surface area contributed by atoms with Crippen molar-refractivity contribution in [1.29, 1.82) is 0 Å². The highest BCUT2D eigenvalue weighted by Gasteiger charge is 2.14. The van der Waals surface area contributed by atoms with Gasteiger partial charge in [0.1, 0.15) is 0 Å². The maximum absolute atomic E-state index is 10.9. The number of hydrogen-bond acceptors (Lipinski definition) is 1. The zero-order chi connectivity index (χ0) is 12.1. The van der Waals surface area contributed by atoms with Crippen molar-refractivity contribution in [2.24, 2.45) is 0 Å². The number of hydrogen-bond donors (Lipinski definition) is 0. The monoisotopic (exact) mass is 226 g/mol. The van der Waals surface area contributed by atoms with Crippen LogP contribution in [0.3, 0.4) is 0 Å².